The van der Waals surface area contributed by atoms with E-state index in [-0.39, 0.29) is 48.6 Å². The highest BCUT2D eigenvalue weighted by Gasteiger charge is 2.47. The van der Waals surface area contributed by atoms with Crippen molar-refractivity contribution in [2.24, 2.45) is 11.8 Å². The maximum Gasteiger partial charge on any atom is 0.233 e. The summed E-state index contributed by atoms with van der Waals surface area (Å²) in [6.45, 7) is 6.92. The lowest BCUT2D eigenvalue weighted by Crippen LogP contribution is -2.36. The Hall–Kier alpha value is -2.57. The Labute approximate surface area is 178 Å². The third-order valence-electron chi connectivity index (χ3n) is 5.94. The summed E-state index contributed by atoms with van der Waals surface area (Å²) < 4.78 is 11.2. The van der Waals surface area contributed by atoms with Gasteiger partial charge in [0.2, 0.25) is 17.7 Å². The number of imide groups is 1. The molecule has 1 saturated heterocycles. The first kappa shape index (κ1) is 22.1. The van der Waals surface area contributed by atoms with E-state index >= 15 is 0 Å². The van der Waals surface area contributed by atoms with Gasteiger partial charge in [-0.1, -0.05) is 18.9 Å². The molecule has 7 heteroatoms. The van der Waals surface area contributed by atoms with Gasteiger partial charge in [-0.15, -0.1) is 0 Å². The van der Waals surface area contributed by atoms with Crippen molar-refractivity contribution in [2.75, 3.05) is 19.8 Å². The van der Waals surface area contributed by atoms with Crippen molar-refractivity contribution in [3.8, 4) is 11.5 Å². The summed E-state index contributed by atoms with van der Waals surface area (Å²) in [5.41, 5.74) is 0.898. The van der Waals surface area contributed by atoms with Gasteiger partial charge in [-0.05, 0) is 51.3 Å². The van der Waals surface area contributed by atoms with Gasteiger partial charge >= 0.3 is 0 Å². The first-order valence-corrected chi connectivity index (χ1v) is 11.0. The van der Waals surface area contributed by atoms with Crippen LogP contribution in [-0.4, -0.2) is 42.4 Å². The smallest absolute Gasteiger partial charge is 0.233 e. The normalized spacial score (nSPS) is 21.9. The molecule has 1 aromatic carbocycles. The molecule has 1 N–H and O–H groups in total. The van der Waals surface area contributed by atoms with Crippen LogP contribution in [0.1, 0.15) is 64.5 Å². The highest BCUT2D eigenvalue weighted by molar-refractivity contribution is 6.05. The molecule has 1 heterocycles. The average Bonchev–Trinajstić information content (AvgIpc) is 2.98. The summed E-state index contributed by atoms with van der Waals surface area (Å²) in [6.07, 6.45) is 3.68. The molecule has 0 spiro atoms. The Bertz CT molecular complexity index is 770. The van der Waals surface area contributed by atoms with Gasteiger partial charge in [-0.25, -0.2) is 0 Å². The lowest BCUT2D eigenvalue weighted by molar-refractivity contribution is -0.140. The first-order chi connectivity index (χ1) is 14.5. The SMILES string of the molecule is CCOc1ccc([C@H](C)NC(=O)CCN2C(=O)[C@H]3CCCC[C@@H]3C2=O)cc1OCC. The molecule has 1 aliphatic heterocycles. The molecule has 0 unspecified atom stereocenters. The predicted octanol–water partition coefficient (Wildman–Crippen LogP) is 3.23. The minimum atomic E-state index is -0.236. The van der Waals surface area contributed by atoms with Crippen LogP contribution in [0.2, 0.25) is 0 Å². The Morgan fingerprint density at radius 1 is 1.07 bits per heavy atom. The van der Waals surface area contributed by atoms with Crippen LogP contribution in [0.25, 0.3) is 0 Å². The zero-order valence-corrected chi connectivity index (χ0v) is 18.1. The zero-order chi connectivity index (χ0) is 21.7. The molecule has 30 heavy (non-hydrogen) atoms. The predicted molar refractivity (Wildman–Crippen MR) is 112 cm³/mol. The highest BCUT2D eigenvalue weighted by Crippen LogP contribution is 2.38. The maximum absolute atomic E-state index is 12.5. The molecule has 1 aliphatic carbocycles. The minimum Gasteiger partial charge on any atom is -0.490 e. The van der Waals surface area contributed by atoms with E-state index in [0.29, 0.717) is 24.7 Å². The maximum atomic E-state index is 12.5. The van der Waals surface area contributed by atoms with Crippen LogP contribution in [0.5, 0.6) is 11.5 Å². The Morgan fingerprint density at radius 3 is 2.27 bits per heavy atom. The van der Waals surface area contributed by atoms with E-state index in [9.17, 15) is 14.4 Å². The third kappa shape index (κ3) is 4.77. The molecular formula is C23H32N2O5. The number of amides is 3. The van der Waals surface area contributed by atoms with E-state index in [4.69, 9.17) is 9.47 Å². The number of hydrogen-bond acceptors (Lipinski definition) is 5. The van der Waals surface area contributed by atoms with E-state index in [0.717, 1.165) is 31.2 Å². The summed E-state index contributed by atoms with van der Waals surface area (Å²) in [7, 11) is 0. The first-order valence-electron chi connectivity index (χ1n) is 11.0. The molecule has 0 radical (unpaired) electrons. The number of benzene rings is 1. The van der Waals surface area contributed by atoms with Crippen molar-refractivity contribution >= 4 is 17.7 Å². The number of ether oxygens (including phenoxy) is 2. The summed E-state index contributed by atoms with van der Waals surface area (Å²) >= 11 is 0. The molecule has 3 rings (SSSR count). The molecule has 164 valence electrons. The number of hydrogen-bond donors (Lipinski definition) is 1. The average molecular weight is 417 g/mol. The van der Waals surface area contributed by atoms with E-state index < -0.39 is 0 Å². The molecule has 1 aromatic rings. The summed E-state index contributed by atoms with van der Waals surface area (Å²) in [5, 5.41) is 2.95. The second-order valence-corrected chi connectivity index (χ2v) is 7.94. The summed E-state index contributed by atoms with van der Waals surface area (Å²) in [6, 6.07) is 5.38. The third-order valence-corrected chi connectivity index (χ3v) is 5.94. The second kappa shape index (κ2) is 9.96. The van der Waals surface area contributed by atoms with Crippen molar-refractivity contribution < 1.29 is 23.9 Å². The van der Waals surface area contributed by atoms with Gasteiger partial charge in [-0.2, -0.15) is 0 Å². The highest BCUT2D eigenvalue weighted by atomic mass is 16.5. The van der Waals surface area contributed by atoms with Crippen LogP contribution in [0.15, 0.2) is 18.2 Å². The van der Waals surface area contributed by atoms with Gasteiger partial charge in [0.25, 0.3) is 0 Å². The van der Waals surface area contributed by atoms with E-state index in [1.54, 1.807) is 0 Å². The van der Waals surface area contributed by atoms with Crippen molar-refractivity contribution in [3.05, 3.63) is 23.8 Å². The molecule has 2 fully saturated rings. The Kier molecular flexibility index (Phi) is 7.34. The van der Waals surface area contributed by atoms with Crippen molar-refractivity contribution in [2.45, 2.75) is 58.9 Å². The fourth-order valence-electron chi connectivity index (χ4n) is 4.40. The molecule has 0 aromatic heterocycles. The van der Waals surface area contributed by atoms with Crippen LogP contribution in [0, 0.1) is 11.8 Å². The van der Waals surface area contributed by atoms with E-state index in [2.05, 4.69) is 5.32 Å². The van der Waals surface area contributed by atoms with E-state index in [1.165, 1.54) is 4.90 Å². The molecule has 2 aliphatic rings. The van der Waals surface area contributed by atoms with Gasteiger partial charge < -0.3 is 14.8 Å². The van der Waals surface area contributed by atoms with Crippen LogP contribution < -0.4 is 14.8 Å². The number of carbonyl (C=O) groups excluding carboxylic acids is 3. The van der Waals surface area contributed by atoms with Crippen molar-refractivity contribution in [1.29, 1.82) is 0 Å². The van der Waals surface area contributed by atoms with Gasteiger partial charge in [0, 0.05) is 13.0 Å². The number of likely N-dealkylation sites (tertiary alicyclic amines) is 1. The zero-order valence-electron chi connectivity index (χ0n) is 18.1. The number of fused-ring (bicyclic) bond motifs is 1. The lowest BCUT2D eigenvalue weighted by atomic mass is 9.81. The summed E-state index contributed by atoms with van der Waals surface area (Å²) in [4.78, 5) is 38.9. The Morgan fingerprint density at radius 2 is 1.67 bits per heavy atom. The molecule has 3 amide bonds. The number of nitrogens with zero attached hydrogens (tertiary/aromatic N) is 1. The Balaban J connectivity index is 1.56. The fourth-order valence-corrected chi connectivity index (χ4v) is 4.40. The standard InChI is InChI=1S/C23H32N2O5/c1-4-29-19-11-10-16(14-20(19)30-5-2)15(3)24-21(26)12-13-25-22(27)17-8-6-7-9-18(17)23(25)28/h10-11,14-15,17-18H,4-9,12-13H2,1-3H3,(H,24,26)/t15-,17-,18-/m0/s1. The summed E-state index contributed by atoms with van der Waals surface area (Å²) in [5.74, 6) is 0.591. The molecule has 7 nitrogen and oxygen atoms in total. The molecule has 3 atom stereocenters. The quantitative estimate of drug-likeness (QED) is 0.625. The number of carbonyl (C=O) groups is 3. The van der Waals surface area contributed by atoms with Crippen LogP contribution >= 0.6 is 0 Å². The largest absolute Gasteiger partial charge is 0.490 e. The fraction of sp³-hybridized carbons (Fsp3) is 0.609. The van der Waals surface area contributed by atoms with E-state index in [1.807, 2.05) is 39.0 Å². The topological polar surface area (TPSA) is 84.9 Å². The monoisotopic (exact) mass is 416 g/mol. The lowest BCUT2D eigenvalue weighted by Gasteiger charge is -2.19. The van der Waals surface area contributed by atoms with Crippen LogP contribution in [-0.2, 0) is 14.4 Å². The van der Waals surface area contributed by atoms with Crippen molar-refractivity contribution in [3.63, 3.8) is 0 Å². The molecule has 1 saturated carbocycles. The molecular weight excluding hydrogens is 384 g/mol. The molecule has 0 bridgehead atoms. The number of nitrogens with one attached hydrogen (secondary N) is 1. The van der Waals surface area contributed by atoms with Gasteiger partial charge in [0.15, 0.2) is 11.5 Å². The number of rotatable bonds is 9. The van der Waals surface area contributed by atoms with Gasteiger partial charge in [0.1, 0.15) is 0 Å². The van der Waals surface area contributed by atoms with Gasteiger partial charge in [-0.3, -0.25) is 19.3 Å². The van der Waals surface area contributed by atoms with Crippen LogP contribution in [0.4, 0.5) is 0 Å². The van der Waals surface area contributed by atoms with Crippen LogP contribution in [0.3, 0.4) is 0 Å². The second-order valence-electron chi connectivity index (χ2n) is 7.94. The van der Waals surface area contributed by atoms with Gasteiger partial charge in [0.05, 0.1) is 31.1 Å². The van der Waals surface area contributed by atoms with Crippen molar-refractivity contribution in [1.82, 2.24) is 10.2 Å². The minimum absolute atomic E-state index is 0.0987.